The smallest absolute Gasteiger partial charge is 0.0600 e. The number of methoxy groups -OCH3 is 1. The molecule has 0 saturated carbocycles. The summed E-state index contributed by atoms with van der Waals surface area (Å²) in [6.07, 6.45) is 1.84. The van der Waals surface area contributed by atoms with Crippen LogP contribution in [0.25, 0.3) is 0 Å². The number of rotatable bonds is 6. The zero-order valence-electron chi connectivity index (χ0n) is 10.1. The molecule has 0 bridgehead atoms. The van der Waals surface area contributed by atoms with E-state index in [1.165, 1.54) is 5.56 Å². The van der Waals surface area contributed by atoms with Crippen LogP contribution in [0.1, 0.15) is 11.3 Å². The minimum absolute atomic E-state index is 0.367. The largest absolute Gasteiger partial charge is 0.383 e. The quantitative estimate of drug-likeness (QED) is 0.750. The Kier molecular flexibility index (Phi) is 5.95. The Morgan fingerprint density at radius 2 is 2.31 bits per heavy atom. The predicted octanol–water partition coefficient (Wildman–Crippen LogP) is 2.23. The van der Waals surface area contributed by atoms with Crippen LogP contribution in [0.5, 0.6) is 0 Å². The van der Waals surface area contributed by atoms with Gasteiger partial charge in [0.1, 0.15) is 0 Å². The first-order valence-corrected chi connectivity index (χ1v) is 6.27. The van der Waals surface area contributed by atoms with Crippen molar-refractivity contribution < 1.29 is 4.74 Å². The molecular formula is C12H19BrN2O. The lowest BCUT2D eigenvalue weighted by Gasteiger charge is -2.20. The summed E-state index contributed by atoms with van der Waals surface area (Å²) in [6.45, 7) is 4.64. The van der Waals surface area contributed by atoms with E-state index in [0.29, 0.717) is 4.83 Å². The Balaban J connectivity index is 2.45. The van der Waals surface area contributed by atoms with Gasteiger partial charge in [0.2, 0.25) is 0 Å². The summed E-state index contributed by atoms with van der Waals surface area (Å²) in [4.78, 5) is 6.99. The van der Waals surface area contributed by atoms with Gasteiger partial charge < -0.3 is 4.74 Å². The van der Waals surface area contributed by atoms with E-state index in [-0.39, 0.29) is 0 Å². The monoisotopic (exact) mass is 286 g/mol. The Hall–Kier alpha value is -0.450. The maximum absolute atomic E-state index is 5.09. The van der Waals surface area contributed by atoms with Crippen LogP contribution < -0.4 is 0 Å². The Morgan fingerprint density at radius 3 is 2.94 bits per heavy atom. The molecule has 0 N–H and O–H groups in total. The van der Waals surface area contributed by atoms with Crippen LogP contribution in [0.4, 0.5) is 0 Å². The molecule has 0 aliphatic heterocycles. The topological polar surface area (TPSA) is 25.4 Å². The molecule has 0 amide bonds. The first-order chi connectivity index (χ1) is 7.63. The third-order valence-electron chi connectivity index (χ3n) is 2.39. The normalized spacial score (nSPS) is 13.1. The summed E-state index contributed by atoms with van der Waals surface area (Å²) in [7, 11) is 3.81. The van der Waals surface area contributed by atoms with E-state index < -0.39 is 0 Å². The van der Waals surface area contributed by atoms with E-state index in [9.17, 15) is 0 Å². The lowest BCUT2D eigenvalue weighted by Crippen LogP contribution is -2.28. The lowest BCUT2D eigenvalue weighted by atomic mass is 10.2. The van der Waals surface area contributed by atoms with Gasteiger partial charge in [-0.3, -0.25) is 9.88 Å². The molecule has 16 heavy (non-hydrogen) atoms. The van der Waals surface area contributed by atoms with Gasteiger partial charge in [0.15, 0.2) is 0 Å². The predicted molar refractivity (Wildman–Crippen MR) is 69.9 cm³/mol. The molecule has 0 spiro atoms. The van der Waals surface area contributed by atoms with Crippen molar-refractivity contribution in [1.29, 1.82) is 0 Å². The number of aromatic nitrogens is 1. The number of ether oxygens (including phenoxy) is 1. The highest BCUT2D eigenvalue weighted by atomic mass is 79.9. The summed E-state index contributed by atoms with van der Waals surface area (Å²) in [5, 5.41) is 0. The molecule has 1 aromatic heterocycles. The molecule has 0 aromatic carbocycles. The molecule has 4 heteroatoms. The third-order valence-corrected chi connectivity index (χ3v) is 2.95. The van der Waals surface area contributed by atoms with Gasteiger partial charge in [-0.15, -0.1) is 0 Å². The minimum Gasteiger partial charge on any atom is -0.383 e. The van der Waals surface area contributed by atoms with Crippen molar-refractivity contribution in [2.45, 2.75) is 18.3 Å². The maximum Gasteiger partial charge on any atom is 0.0600 e. The van der Waals surface area contributed by atoms with Gasteiger partial charge in [-0.2, -0.15) is 0 Å². The van der Waals surface area contributed by atoms with Gasteiger partial charge in [0, 0.05) is 26.4 Å². The SMILES string of the molecule is COCC(Br)CN(C)Cc1ncccc1C. The van der Waals surface area contributed by atoms with Crippen LogP contribution in [0.3, 0.4) is 0 Å². The first kappa shape index (κ1) is 13.6. The average molecular weight is 287 g/mol. The van der Waals surface area contributed by atoms with E-state index in [4.69, 9.17) is 4.74 Å². The molecule has 0 aliphatic carbocycles. The van der Waals surface area contributed by atoms with Crippen molar-refractivity contribution in [3.63, 3.8) is 0 Å². The fourth-order valence-electron chi connectivity index (χ4n) is 1.58. The van der Waals surface area contributed by atoms with Crippen LogP contribution in [-0.4, -0.2) is 42.0 Å². The number of alkyl halides is 1. The molecule has 1 heterocycles. The number of aryl methyl sites for hydroxylation is 1. The van der Waals surface area contributed by atoms with E-state index in [1.807, 2.05) is 12.3 Å². The van der Waals surface area contributed by atoms with Crippen molar-refractivity contribution in [3.8, 4) is 0 Å². The molecular weight excluding hydrogens is 268 g/mol. The highest BCUT2D eigenvalue weighted by Gasteiger charge is 2.09. The van der Waals surface area contributed by atoms with Crippen LogP contribution in [0, 0.1) is 6.92 Å². The van der Waals surface area contributed by atoms with Gasteiger partial charge in [-0.05, 0) is 25.6 Å². The van der Waals surface area contributed by atoms with Crippen LogP contribution in [0.15, 0.2) is 18.3 Å². The molecule has 1 rings (SSSR count). The zero-order valence-corrected chi connectivity index (χ0v) is 11.7. The molecule has 90 valence electrons. The van der Waals surface area contributed by atoms with Crippen molar-refractivity contribution in [3.05, 3.63) is 29.6 Å². The summed E-state index contributed by atoms with van der Waals surface area (Å²) in [6, 6.07) is 4.06. The molecule has 3 nitrogen and oxygen atoms in total. The molecule has 1 atom stereocenters. The van der Waals surface area contributed by atoms with Gasteiger partial charge >= 0.3 is 0 Å². The minimum atomic E-state index is 0.367. The highest BCUT2D eigenvalue weighted by molar-refractivity contribution is 9.09. The molecule has 1 aromatic rings. The van der Waals surface area contributed by atoms with Crippen molar-refractivity contribution in [2.24, 2.45) is 0 Å². The van der Waals surface area contributed by atoms with Gasteiger partial charge in [0.25, 0.3) is 0 Å². The van der Waals surface area contributed by atoms with E-state index in [2.05, 4.69) is 45.9 Å². The number of hydrogen-bond donors (Lipinski definition) is 0. The van der Waals surface area contributed by atoms with Gasteiger partial charge in [0.05, 0.1) is 17.1 Å². The standard InChI is InChI=1S/C12H19BrN2O/c1-10-5-4-6-14-12(10)8-15(2)7-11(13)9-16-3/h4-6,11H,7-9H2,1-3H3. The van der Waals surface area contributed by atoms with Crippen LogP contribution >= 0.6 is 15.9 Å². The highest BCUT2D eigenvalue weighted by Crippen LogP contribution is 2.08. The number of halogens is 1. The average Bonchev–Trinajstić information content (AvgIpc) is 2.21. The molecule has 0 saturated heterocycles. The Bertz CT molecular complexity index is 320. The molecule has 0 fully saturated rings. The number of pyridine rings is 1. The van der Waals surface area contributed by atoms with E-state index >= 15 is 0 Å². The summed E-state index contributed by atoms with van der Waals surface area (Å²) in [5.41, 5.74) is 2.38. The first-order valence-electron chi connectivity index (χ1n) is 5.35. The van der Waals surface area contributed by atoms with Gasteiger partial charge in [-0.25, -0.2) is 0 Å². The van der Waals surface area contributed by atoms with Crippen LogP contribution in [0.2, 0.25) is 0 Å². The summed E-state index contributed by atoms with van der Waals surface area (Å²) >= 11 is 3.58. The Labute approximate surface area is 106 Å². The maximum atomic E-state index is 5.09. The zero-order chi connectivity index (χ0) is 12.0. The van der Waals surface area contributed by atoms with E-state index in [0.717, 1.165) is 25.4 Å². The molecule has 1 unspecified atom stereocenters. The number of hydrogen-bond acceptors (Lipinski definition) is 3. The van der Waals surface area contributed by atoms with E-state index in [1.54, 1.807) is 7.11 Å². The molecule has 0 radical (unpaired) electrons. The second kappa shape index (κ2) is 6.99. The fraction of sp³-hybridized carbons (Fsp3) is 0.583. The van der Waals surface area contributed by atoms with Gasteiger partial charge in [-0.1, -0.05) is 22.0 Å². The molecule has 0 aliphatic rings. The third kappa shape index (κ3) is 4.60. The number of nitrogens with zero attached hydrogens (tertiary/aromatic N) is 2. The van der Waals surface area contributed by atoms with Crippen molar-refractivity contribution in [1.82, 2.24) is 9.88 Å². The fourth-order valence-corrected chi connectivity index (χ4v) is 2.33. The van der Waals surface area contributed by atoms with Crippen molar-refractivity contribution in [2.75, 3.05) is 27.3 Å². The second-order valence-electron chi connectivity index (χ2n) is 4.02. The summed E-state index contributed by atoms with van der Waals surface area (Å²) in [5.74, 6) is 0. The Morgan fingerprint density at radius 1 is 1.56 bits per heavy atom. The summed E-state index contributed by atoms with van der Waals surface area (Å²) < 4.78 is 5.09. The van der Waals surface area contributed by atoms with Crippen molar-refractivity contribution >= 4 is 15.9 Å². The second-order valence-corrected chi connectivity index (χ2v) is 5.31. The lowest BCUT2D eigenvalue weighted by molar-refractivity contribution is 0.184. The van der Waals surface area contributed by atoms with Crippen LogP contribution in [-0.2, 0) is 11.3 Å².